The van der Waals surface area contributed by atoms with Crippen molar-refractivity contribution in [3.05, 3.63) is 54.2 Å². The average Bonchev–Trinajstić information content (AvgIpc) is 3.16. The predicted molar refractivity (Wildman–Crippen MR) is 90.8 cm³/mol. The zero-order valence-corrected chi connectivity index (χ0v) is 13.0. The molecule has 0 aliphatic carbocycles. The van der Waals surface area contributed by atoms with Gasteiger partial charge in [0.15, 0.2) is 0 Å². The van der Waals surface area contributed by atoms with Crippen LogP contribution in [0.15, 0.2) is 49.2 Å². The first-order chi connectivity index (χ1) is 11.2. The van der Waals surface area contributed by atoms with Crippen LogP contribution in [0.3, 0.4) is 0 Å². The predicted octanol–water partition coefficient (Wildman–Crippen LogP) is 3.76. The Balaban J connectivity index is 1.67. The van der Waals surface area contributed by atoms with Crippen molar-refractivity contribution in [2.45, 2.75) is 0 Å². The number of anilines is 2. The molecule has 7 heteroatoms. The molecular formula is C16H13ClN6. The second-order valence-electron chi connectivity index (χ2n) is 5.21. The van der Waals surface area contributed by atoms with E-state index in [1.54, 1.807) is 12.5 Å². The summed E-state index contributed by atoms with van der Waals surface area (Å²) in [7, 11) is 1.92. The lowest BCUT2D eigenvalue weighted by Gasteiger charge is -2.07. The van der Waals surface area contributed by atoms with E-state index in [0.717, 1.165) is 28.0 Å². The summed E-state index contributed by atoms with van der Waals surface area (Å²) in [5, 5.41) is 4.87. The molecule has 0 saturated heterocycles. The molecule has 3 heterocycles. The van der Waals surface area contributed by atoms with E-state index < -0.39 is 0 Å². The second-order valence-corrected chi connectivity index (χ2v) is 5.62. The third kappa shape index (κ3) is 2.64. The fourth-order valence-electron chi connectivity index (χ4n) is 2.43. The molecule has 0 aliphatic heterocycles. The normalized spacial score (nSPS) is 11.0. The lowest BCUT2D eigenvalue weighted by Crippen LogP contribution is -1.98. The quantitative estimate of drug-likeness (QED) is 0.602. The molecule has 0 unspecified atom stereocenters. The molecule has 0 radical (unpaired) electrons. The van der Waals surface area contributed by atoms with E-state index in [1.807, 2.05) is 48.3 Å². The summed E-state index contributed by atoms with van der Waals surface area (Å²) in [6.07, 6.45) is 7.22. The highest BCUT2D eigenvalue weighted by Crippen LogP contribution is 2.28. The van der Waals surface area contributed by atoms with E-state index in [2.05, 4.69) is 25.3 Å². The number of aromatic nitrogens is 5. The lowest BCUT2D eigenvalue weighted by molar-refractivity contribution is 0.913. The number of hydrogen-bond acceptors (Lipinski definition) is 4. The summed E-state index contributed by atoms with van der Waals surface area (Å²) in [6.45, 7) is 0. The maximum Gasteiger partial charge on any atom is 0.227 e. The molecule has 4 rings (SSSR count). The Kier molecular flexibility index (Phi) is 3.24. The monoisotopic (exact) mass is 324 g/mol. The number of aryl methyl sites for hydroxylation is 1. The Hall–Kier alpha value is -2.86. The van der Waals surface area contributed by atoms with Gasteiger partial charge in [0.25, 0.3) is 0 Å². The zero-order valence-electron chi connectivity index (χ0n) is 12.3. The minimum absolute atomic E-state index is 0.499. The molecule has 114 valence electrons. The summed E-state index contributed by atoms with van der Waals surface area (Å²) in [4.78, 5) is 16.2. The van der Waals surface area contributed by atoms with Crippen LogP contribution in [0.1, 0.15) is 0 Å². The van der Waals surface area contributed by atoms with Crippen molar-refractivity contribution in [3.63, 3.8) is 0 Å². The highest BCUT2D eigenvalue weighted by atomic mass is 35.5. The standard InChI is InChI=1S/C16H13ClN6/c1-23-8-14(20-9-23)13-3-5-19-16(22-13)21-11-6-10-2-4-18-15(10)12(17)7-11/h2-9,18H,1H3,(H,19,21,22). The molecule has 3 aromatic heterocycles. The number of halogens is 1. The third-order valence-corrected chi connectivity index (χ3v) is 3.79. The van der Waals surface area contributed by atoms with E-state index in [-0.39, 0.29) is 0 Å². The van der Waals surface area contributed by atoms with Crippen molar-refractivity contribution in [1.82, 2.24) is 24.5 Å². The number of H-pyrrole nitrogens is 1. The summed E-state index contributed by atoms with van der Waals surface area (Å²) in [6, 6.07) is 7.64. The molecule has 0 spiro atoms. The minimum atomic E-state index is 0.499. The van der Waals surface area contributed by atoms with Gasteiger partial charge in [0, 0.05) is 36.7 Å². The van der Waals surface area contributed by atoms with E-state index in [9.17, 15) is 0 Å². The molecule has 0 fully saturated rings. The van der Waals surface area contributed by atoms with Crippen molar-refractivity contribution >= 4 is 34.1 Å². The molecule has 0 bridgehead atoms. The average molecular weight is 325 g/mol. The first kappa shape index (κ1) is 13.8. The van der Waals surface area contributed by atoms with Gasteiger partial charge in [-0.2, -0.15) is 0 Å². The van der Waals surface area contributed by atoms with E-state index >= 15 is 0 Å². The van der Waals surface area contributed by atoms with Gasteiger partial charge in [-0.25, -0.2) is 15.0 Å². The Morgan fingerprint density at radius 1 is 1.17 bits per heavy atom. The van der Waals surface area contributed by atoms with Gasteiger partial charge in [0.05, 0.1) is 22.6 Å². The van der Waals surface area contributed by atoms with E-state index in [4.69, 9.17) is 11.6 Å². The Labute approximate surface area is 137 Å². The number of fused-ring (bicyclic) bond motifs is 1. The van der Waals surface area contributed by atoms with Crippen molar-refractivity contribution in [3.8, 4) is 11.4 Å². The third-order valence-electron chi connectivity index (χ3n) is 3.49. The topological polar surface area (TPSA) is 71.4 Å². The molecular weight excluding hydrogens is 312 g/mol. The maximum absolute atomic E-state index is 6.27. The van der Waals surface area contributed by atoms with Crippen LogP contribution in [0, 0.1) is 0 Å². The van der Waals surface area contributed by atoms with Crippen molar-refractivity contribution < 1.29 is 0 Å². The van der Waals surface area contributed by atoms with Gasteiger partial charge >= 0.3 is 0 Å². The smallest absolute Gasteiger partial charge is 0.227 e. The summed E-state index contributed by atoms with van der Waals surface area (Å²) < 4.78 is 1.88. The van der Waals surface area contributed by atoms with Gasteiger partial charge in [0.1, 0.15) is 5.69 Å². The second kappa shape index (κ2) is 5.40. The van der Waals surface area contributed by atoms with Crippen molar-refractivity contribution in [2.75, 3.05) is 5.32 Å². The van der Waals surface area contributed by atoms with Gasteiger partial charge in [0.2, 0.25) is 5.95 Å². The number of hydrogen-bond donors (Lipinski definition) is 2. The van der Waals surface area contributed by atoms with Crippen LogP contribution in [-0.4, -0.2) is 24.5 Å². The fourth-order valence-corrected chi connectivity index (χ4v) is 2.72. The molecule has 2 N–H and O–H groups in total. The zero-order chi connectivity index (χ0) is 15.8. The SMILES string of the molecule is Cn1cnc(-c2ccnc(Nc3cc(Cl)c4[nH]ccc4c3)n2)c1. The lowest BCUT2D eigenvalue weighted by atomic mass is 10.2. The van der Waals surface area contributed by atoms with Gasteiger partial charge in [-0.05, 0) is 24.3 Å². The van der Waals surface area contributed by atoms with Crippen LogP contribution in [0.4, 0.5) is 11.6 Å². The maximum atomic E-state index is 6.27. The number of benzene rings is 1. The number of imidazole rings is 1. The molecule has 4 aromatic rings. The van der Waals surface area contributed by atoms with Gasteiger partial charge in [-0.1, -0.05) is 11.6 Å². The van der Waals surface area contributed by atoms with Crippen LogP contribution in [0.2, 0.25) is 5.02 Å². The highest BCUT2D eigenvalue weighted by Gasteiger charge is 2.07. The van der Waals surface area contributed by atoms with Gasteiger partial charge < -0.3 is 14.9 Å². The van der Waals surface area contributed by atoms with Gasteiger partial charge in [-0.3, -0.25) is 0 Å². The molecule has 23 heavy (non-hydrogen) atoms. The number of nitrogens with one attached hydrogen (secondary N) is 2. The number of aromatic amines is 1. The van der Waals surface area contributed by atoms with Gasteiger partial charge in [-0.15, -0.1) is 0 Å². The fraction of sp³-hybridized carbons (Fsp3) is 0.0625. The first-order valence-electron chi connectivity index (χ1n) is 7.04. The Morgan fingerprint density at radius 3 is 2.91 bits per heavy atom. The molecule has 6 nitrogen and oxygen atoms in total. The largest absolute Gasteiger partial charge is 0.360 e. The number of nitrogens with zero attached hydrogens (tertiary/aromatic N) is 4. The van der Waals surface area contributed by atoms with Crippen LogP contribution in [0.5, 0.6) is 0 Å². The van der Waals surface area contributed by atoms with Crippen LogP contribution in [-0.2, 0) is 7.05 Å². The molecule has 1 aromatic carbocycles. The minimum Gasteiger partial charge on any atom is -0.360 e. The molecule has 0 saturated carbocycles. The summed E-state index contributed by atoms with van der Waals surface area (Å²) in [5.41, 5.74) is 3.31. The Morgan fingerprint density at radius 2 is 2.09 bits per heavy atom. The summed E-state index contributed by atoms with van der Waals surface area (Å²) >= 11 is 6.27. The van der Waals surface area contributed by atoms with E-state index in [0.29, 0.717) is 11.0 Å². The molecule has 0 aliphatic rings. The van der Waals surface area contributed by atoms with E-state index in [1.165, 1.54) is 0 Å². The van der Waals surface area contributed by atoms with Crippen LogP contribution < -0.4 is 5.32 Å². The van der Waals surface area contributed by atoms with Crippen molar-refractivity contribution in [2.24, 2.45) is 7.05 Å². The highest BCUT2D eigenvalue weighted by molar-refractivity contribution is 6.35. The molecule has 0 amide bonds. The van der Waals surface area contributed by atoms with Crippen molar-refractivity contribution in [1.29, 1.82) is 0 Å². The summed E-state index contributed by atoms with van der Waals surface area (Å²) in [5.74, 6) is 0.499. The van der Waals surface area contributed by atoms with Crippen LogP contribution >= 0.6 is 11.6 Å². The first-order valence-corrected chi connectivity index (χ1v) is 7.42. The number of rotatable bonds is 3. The Bertz CT molecular complexity index is 987. The molecule has 0 atom stereocenters. The van der Waals surface area contributed by atoms with Crippen LogP contribution in [0.25, 0.3) is 22.3 Å².